The van der Waals surface area contributed by atoms with Gasteiger partial charge in [-0.2, -0.15) is 0 Å². The number of halogens is 1. The topological polar surface area (TPSA) is 70.7 Å². The Morgan fingerprint density at radius 2 is 1.89 bits per heavy atom. The maximum Gasteiger partial charge on any atom is 0.354 e. The summed E-state index contributed by atoms with van der Waals surface area (Å²) < 4.78 is 1.82. The fraction of sp³-hybridized carbons (Fsp3) is 0.350. The first-order valence-electron chi connectivity index (χ1n) is 9.23. The number of carboxylic acids is 1. The summed E-state index contributed by atoms with van der Waals surface area (Å²) in [4.78, 5) is 17.9. The highest BCUT2D eigenvalue weighted by Gasteiger charge is 2.21. The van der Waals surface area contributed by atoms with E-state index in [-0.39, 0.29) is 5.69 Å². The number of pyridine rings is 2. The van der Waals surface area contributed by atoms with Crippen molar-refractivity contribution in [2.24, 2.45) is 0 Å². The normalized spacial score (nSPS) is 15.1. The van der Waals surface area contributed by atoms with E-state index in [1.165, 1.54) is 18.9 Å². The highest BCUT2D eigenvalue weighted by atomic mass is 35.5. The zero-order chi connectivity index (χ0) is 18.8. The maximum absolute atomic E-state index is 11.3. The number of hydrogen-bond donors (Lipinski definition) is 1. The van der Waals surface area contributed by atoms with Crippen LogP contribution >= 0.6 is 11.6 Å². The molecule has 0 aliphatic carbocycles. The van der Waals surface area contributed by atoms with Gasteiger partial charge in [0.05, 0.1) is 10.5 Å². The van der Waals surface area contributed by atoms with Gasteiger partial charge in [-0.3, -0.25) is 0 Å². The molecule has 7 heteroatoms. The van der Waals surface area contributed by atoms with E-state index in [1.807, 2.05) is 28.9 Å². The number of rotatable bonds is 4. The predicted octanol–water partition coefficient (Wildman–Crippen LogP) is 4.05. The minimum absolute atomic E-state index is 0.0586. The fourth-order valence-corrected chi connectivity index (χ4v) is 3.80. The first kappa shape index (κ1) is 17.8. The lowest BCUT2D eigenvalue weighted by atomic mass is 10.1. The third kappa shape index (κ3) is 3.76. The van der Waals surface area contributed by atoms with Gasteiger partial charge in [0.25, 0.3) is 0 Å². The molecule has 4 rings (SSSR count). The van der Waals surface area contributed by atoms with E-state index in [0.29, 0.717) is 11.4 Å². The van der Waals surface area contributed by atoms with Crippen molar-refractivity contribution in [1.82, 2.24) is 14.6 Å². The lowest BCUT2D eigenvalue weighted by Crippen LogP contribution is -2.25. The van der Waals surface area contributed by atoms with Crippen LogP contribution in [0.2, 0.25) is 5.02 Å². The lowest BCUT2D eigenvalue weighted by molar-refractivity contribution is 0.0690. The summed E-state index contributed by atoms with van der Waals surface area (Å²) in [6, 6.07) is 8.93. The summed E-state index contributed by atoms with van der Waals surface area (Å²) in [5.74, 6) is -0.0714. The van der Waals surface area contributed by atoms with Gasteiger partial charge in [-0.25, -0.2) is 14.3 Å². The molecule has 0 aromatic carbocycles. The molecule has 0 saturated carbocycles. The number of hydrogen-bond acceptors (Lipinski definition) is 4. The second-order valence-electron chi connectivity index (χ2n) is 6.88. The van der Waals surface area contributed by atoms with Crippen LogP contribution in [0.1, 0.15) is 47.4 Å². The summed E-state index contributed by atoms with van der Waals surface area (Å²) in [5, 5.41) is 14.7. The van der Waals surface area contributed by atoms with Gasteiger partial charge in [-0.05, 0) is 37.1 Å². The molecule has 1 saturated heterocycles. The van der Waals surface area contributed by atoms with Gasteiger partial charge in [0, 0.05) is 37.0 Å². The fourth-order valence-electron chi connectivity index (χ4n) is 3.65. The Bertz CT molecular complexity index is 977. The van der Waals surface area contributed by atoms with Crippen molar-refractivity contribution in [2.45, 2.75) is 32.1 Å². The average molecular weight is 385 g/mol. The molecule has 0 bridgehead atoms. The van der Waals surface area contributed by atoms with E-state index in [9.17, 15) is 9.90 Å². The highest BCUT2D eigenvalue weighted by Crippen LogP contribution is 2.29. The van der Waals surface area contributed by atoms with E-state index >= 15 is 0 Å². The van der Waals surface area contributed by atoms with Crippen LogP contribution in [-0.4, -0.2) is 38.8 Å². The van der Waals surface area contributed by atoms with E-state index in [4.69, 9.17) is 16.7 Å². The molecule has 27 heavy (non-hydrogen) atoms. The molecule has 3 aromatic heterocycles. The van der Waals surface area contributed by atoms with Gasteiger partial charge in [0.15, 0.2) is 5.82 Å². The molecular formula is C20H21ClN4O2. The SMILES string of the molecule is O=C(O)c1cccc(Cc2c(N3CCCCCC3)nn3cc(Cl)ccc23)n1. The number of fused-ring (bicyclic) bond motifs is 1. The van der Waals surface area contributed by atoms with Gasteiger partial charge in [-0.15, -0.1) is 5.10 Å². The Morgan fingerprint density at radius 3 is 2.63 bits per heavy atom. The van der Waals surface area contributed by atoms with Crippen LogP contribution in [0.4, 0.5) is 5.82 Å². The molecular weight excluding hydrogens is 364 g/mol. The summed E-state index contributed by atoms with van der Waals surface area (Å²) in [5.41, 5.74) is 2.81. The van der Waals surface area contributed by atoms with Crippen LogP contribution in [0.15, 0.2) is 36.5 Å². The first-order valence-corrected chi connectivity index (χ1v) is 9.60. The van der Waals surface area contributed by atoms with Crippen LogP contribution in [0.25, 0.3) is 5.52 Å². The van der Waals surface area contributed by atoms with Crippen molar-refractivity contribution in [1.29, 1.82) is 0 Å². The molecule has 6 nitrogen and oxygen atoms in total. The van der Waals surface area contributed by atoms with Gasteiger partial charge < -0.3 is 10.0 Å². The molecule has 0 spiro atoms. The number of nitrogens with zero attached hydrogens (tertiary/aromatic N) is 4. The van der Waals surface area contributed by atoms with Crippen molar-refractivity contribution < 1.29 is 9.90 Å². The Hall–Kier alpha value is -2.60. The predicted molar refractivity (Wildman–Crippen MR) is 105 cm³/mol. The van der Waals surface area contributed by atoms with Gasteiger partial charge in [0.2, 0.25) is 0 Å². The first-order chi connectivity index (χ1) is 13.1. The second-order valence-corrected chi connectivity index (χ2v) is 7.31. The molecule has 0 unspecified atom stereocenters. The molecule has 1 fully saturated rings. The zero-order valence-electron chi connectivity index (χ0n) is 14.9. The quantitative estimate of drug-likeness (QED) is 0.734. The number of anilines is 1. The monoisotopic (exact) mass is 384 g/mol. The number of carboxylic acid groups (broad SMARTS) is 1. The smallest absolute Gasteiger partial charge is 0.354 e. The Balaban J connectivity index is 1.78. The van der Waals surface area contributed by atoms with E-state index in [0.717, 1.165) is 48.5 Å². The van der Waals surface area contributed by atoms with Crippen LogP contribution < -0.4 is 4.90 Å². The van der Waals surface area contributed by atoms with Crippen molar-refractivity contribution in [3.63, 3.8) is 0 Å². The third-order valence-corrected chi connectivity index (χ3v) is 5.19. The molecule has 1 aliphatic rings. The minimum Gasteiger partial charge on any atom is -0.477 e. The number of aromatic carboxylic acids is 1. The standard InChI is InChI=1S/C20H21ClN4O2/c21-14-8-9-18-16(12-15-6-5-7-17(22-15)20(26)27)19(23-25(18)13-14)24-10-3-1-2-4-11-24/h5-9,13H,1-4,10-12H2,(H,26,27). The Labute approximate surface area is 162 Å². The molecule has 3 aromatic rings. The van der Waals surface area contributed by atoms with E-state index < -0.39 is 5.97 Å². The van der Waals surface area contributed by atoms with E-state index in [2.05, 4.69) is 9.88 Å². The average Bonchev–Trinajstić information content (AvgIpc) is 2.84. The maximum atomic E-state index is 11.3. The summed E-state index contributed by atoms with van der Waals surface area (Å²) in [6.45, 7) is 1.96. The molecule has 140 valence electrons. The lowest BCUT2D eigenvalue weighted by Gasteiger charge is -2.21. The van der Waals surface area contributed by atoms with Crippen molar-refractivity contribution in [3.8, 4) is 0 Å². The second kappa shape index (κ2) is 7.56. The van der Waals surface area contributed by atoms with Gasteiger partial charge in [0.1, 0.15) is 5.69 Å². The van der Waals surface area contributed by atoms with Crippen LogP contribution in [0.3, 0.4) is 0 Å². The van der Waals surface area contributed by atoms with Crippen molar-refractivity contribution >= 4 is 28.9 Å². The molecule has 4 heterocycles. The number of carbonyl (C=O) groups is 1. The van der Waals surface area contributed by atoms with Crippen molar-refractivity contribution in [2.75, 3.05) is 18.0 Å². The molecule has 0 radical (unpaired) electrons. The van der Waals surface area contributed by atoms with Crippen LogP contribution in [-0.2, 0) is 6.42 Å². The van der Waals surface area contributed by atoms with Gasteiger partial charge >= 0.3 is 5.97 Å². The summed E-state index contributed by atoms with van der Waals surface area (Å²) in [7, 11) is 0. The van der Waals surface area contributed by atoms with Crippen LogP contribution in [0.5, 0.6) is 0 Å². The zero-order valence-corrected chi connectivity index (χ0v) is 15.7. The van der Waals surface area contributed by atoms with Gasteiger partial charge in [-0.1, -0.05) is 30.5 Å². The summed E-state index contributed by atoms with van der Waals surface area (Å²) >= 11 is 6.16. The largest absolute Gasteiger partial charge is 0.477 e. The van der Waals surface area contributed by atoms with E-state index in [1.54, 1.807) is 6.07 Å². The minimum atomic E-state index is -1.02. The van der Waals surface area contributed by atoms with Crippen molar-refractivity contribution in [3.05, 3.63) is 58.5 Å². The molecule has 1 aliphatic heterocycles. The molecule has 0 atom stereocenters. The molecule has 0 amide bonds. The Kier molecular flexibility index (Phi) is 4.99. The molecule has 1 N–H and O–H groups in total. The summed E-state index contributed by atoms with van der Waals surface area (Å²) in [6.07, 6.45) is 7.13. The van der Waals surface area contributed by atoms with Crippen LogP contribution in [0, 0.1) is 0 Å². The third-order valence-electron chi connectivity index (χ3n) is 4.96. The Morgan fingerprint density at radius 1 is 1.11 bits per heavy atom. The number of aromatic nitrogens is 3. The highest BCUT2D eigenvalue weighted by molar-refractivity contribution is 6.30.